The molecule has 7 heteroatoms. The van der Waals surface area contributed by atoms with E-state index in [9.17, 15) is 19.8 Å². The van der Waals surface area contributed by atoms with Crippen LogP contribution < -0.4 is 0 Å². The molecule has 0 amide bonds. The molecule has 0 radical (unpaired) electrons. The van der Waals surface area contributed by atoms with Gasteiger partial charge in [-0.05, 0) is 49.0 Å². The average molecular weight is 417 g/mol. The van der Waals surface area contributed by atoms with Gasteiger partial charge in [0.05, 0.1) is 5.25 Å². The number of allylic oxidation sites excluding steroid dienone is 2. The minimum absolute atomic E-state index is 0.00610. The Hall–Kier alpha value is -0.500. The average Bonchev–Trinajstić information content (AvgIpc) is 2.99. The number of Topliss-reactive ketones (excluding diaryl/α,β-unsaturated/α-hetero) is 1. The Morgan fingerprint density at radius 2 is 1.89 bits per heavy atom. The molecule has 2 fully saturated rings. The molecule has 0 heterocycles. The van der Waals surface area contributed by atoms with Gasteiger partial charge in [-0.15, -0.1) is 11.8 Å². The molecule has 0 aromatic rings. The molecule has 0 saturated heterocycles. The number of aliphatic hydroxyl groups is 2. The maximum atomic E-state index is 12.2. The van der Waals surface area contributed by atoms with Crippen LogP contribution >= 0.6 is 23.5 Å². The highest BCUT2D eigenvalue weighted by Crippen LogP contribution is 2.35. The van der Waals surface area contributed by atoms with Crippen LogP contribution in [0.25, 0.3) is 0 Å². The minimum atomic E-state index is -2.72. The predicted molar refractivity (Wildman–Crippen MR) is 111 cm³/mol. The Labute approximate surface area is 170 Å². The summed E-state index contributed by atoms with van der Waals surface area (Å²) in [6, 6.07) is 0. The SMILES string of the molecule is O=C1CC[C@H](C=CCCC2CCCCC2)[C@H]1SCCCSC(O)(O)C(=O)O. The molecule has 2 aliphatic rings. The van der Waals surface area contributed by atoms with E-state index in [1.54, 1.807) is 11.8 Å². The largest absolute Gasteiger partial charge is 0.477 e. The standard InChI is InChI=1S/C20H32O5S2/c21-17-12-11-16(10-5-4-9-15-7-2-1-3-8-15)18(17)26-13-6-14-27-20(24,25)19(22)23/h5,10,15-16,18,24-25H,1-4,6-9,11-14H2,(H,22,23)/t16-,18+/m0/s1. The lowest BCUT2D eigenvalue weighted by Crippen LogP contribution is -2.34. The first-order chi connectivity index (χ1) is 12.9. The molecule has 154 valence electrons. The summed E-state index contributed by atoms with van der Waals surface area (Å²) in [5.74, 6) is 0.881. The Balaban J connectivity index is 1.65. The second-order valence-corrected chi connectivity index (χ2v) is 10.1. The van der Waals surface area contributed by atoms with E-state index in [1.165, 1.54) is 38.5 Å². The molecule has 2 atom stereocenters. The molecule has 2 aliphatic carbocycles. The highest BCUT2D eigenvalue weighted by molar-refractivity contribution is 8.01. The van der Waals surface area contributed by atoms with Crippen molar-refractivity contribution in [3.05, 3.63) is 12.2 Å². The lowest BCUT2D eigenvalue weighted by Gasteiger charge is -2.20. The first-order valence-corrected chi connectivity index (χ1v) is 12.1. The van der Waals surface area contributed by atoms with Gasteiger partial charge in [-0.2, -0.15) is 0 Å². The molecule has 0 aromatic heterocycles. The van der Waals surface area contributed by atoms with Crippen molar-refractivity contribution >= 4 is 35.3 Å². The molecule has 0 bridgehead atoms. The van der Waals surface area contributed by atoms with E-state index in [-0.39, 0.29) is 5.25 Å². The van der Waals surface area contributed by atoms with Gasteiger partial charge in [0.2, 0.25) is 0 Å². The molecule has 0 aromatic carbocycles. The van der Waals surface area contributed by atoms with E-state index in [2.05, 4.69) is 12.2 Å². The smallest absolute Gasteiger partial charge is 0.375 e. The van der Waals surface area contributed by atoms with E-state index < -0.39 is 11.1 Å². The Bertz CT molecular complexity index is 515. The van der Waals surface area contributed by atoms with Gasteiger partial charge in [0.1, 0.15) is 5.78 Å². The molecule has 2 rings (SSSR count). The third kappa shape index (κ3) is 7.80. The van der Waals surface area contributed by atoms with Gasteiger partial charge in [-0.25, -0.2) is 4.79 Å². The van der Waals surface area contributed by atoms with E-state index in [0.29, 0.717) is 47.8 Å². The van der Waals surface area contributed by atoms with Crippen LogP contribution in [0.1, 0.15) is 64.2 Å². The third-order valence-corrected chi connectivity index (χ3v) is 8.01. The minimum Gasteiger partial charge on any atom is -0.477 e. The number of aliphatic carboxylic acids is 1. The summed E-state index contributed by atoms with van der Waals surface area (Å²) in [6.45, 7) is 0. The summed E-state index contributed by atoms with van der Waals surface area (Å²) in [6.07, 6.45) is 15.9. The fraction of sp³-hybridized carbons (Fsp3) is 0.800. The van der Waals surface area contributed by atoms with Gasteiger partial charge < -0.3 is 15.3 Å². The van der Waals surface area contributed by atoms with Crippen molar-refractivity contribution in [1.29, 1.82) is 0 Å². The van der Waals surface area contributed by atoms with Crippen molar-refractivity contribution in [2.75, 3.05) is 11.5 Å². The quantitative estimate of drug-likeness (QED) is 0.268. The van der Waals surface area contributed by atoms with Crippen molar-refractivity contribution in [3.8, 4) is 0 Å². The summed E-state index contributed by atoms with van der Waals surface area (Å²) in [7, 11) is 0. The predicted octanol–water partition coefficient (Wildman–Crippen LogP) is 3.83. The van der Waals surface area contributed by atoms with E-state index in [0.717, 1.165) is 18.8 Å². The van der Waals surface area contributed by atoms with Crippen LogP contribution in [-0.2, 0) is 9.59 Å². The molecule has 5 nitrogen and oxygen atoms in total. The van der Waals surface area contributed by atoms with Gasteiger partial charge >= 0.3 is 11.1 Å². The Morgan fingerprint density at radius 3 is 2.59 bits per heavy atom. The van der Waals surface area contributed by atoms with Crippen molar-refractivity contribution in [2.45, 2.75) is 74.6 Å². The topological polar surface area (TPSA) is 94.8 Å². The van der Waals surface area contributed by atoms with Gasteiger partial charge in [0.25, 0.3) is 0 Å². The zero-order valence-corrected chi connectivity index (χ0v) is 17.5. The number of carboxylic acids is 1. The van der Waals surface area contributed by atoms with Crippen molar-refractivity contribution in [3.63, 3.8) is 0 Å². The van der Waals surface area contributed by atoms with Crippen LogP contribution in [0.3, 0.4) is 0 Å². The zero-order valence-electron chi connectivity index (χ0n) is 15.8. The van der Waals surface area contributed by atoms with Crippen LogP contribution in [0.15, 0.2) is 12.2 Å². The van der Waals surface area contributed by atoms with Gasteiger partial charge in [0, 0.05) is 6.42 Å². The highest BCUT2D eigenvalue weighted by atomic mass is 32.2. The summed E-state index contributed by atoms with van der Waals surface area (Å²) in [5.41, 5.74) is 0. The van der Waals surface area contributed by atoms with Crippen molar-refractivity contribution in [2.24, 2.45) is 11.8 Å². The molecule has 0 unspecified atom stereocenters. The number of hydrogen-bond donors (Lipinski definition) is 3. The van der Waals surface area contributed by atoms with E-state index >= 15 is 0 Å². The van der Waals surface area contributed by atoms with Gasteiger partial charge in [-0.1, -0.05) is 56.0 Å². The van der Waals surface area contributed by atoms with Crippen LogP contribution in [0, 0.1) is 11.8 Å². The summed E-state index contributed by atoms with van der Waals surface area (Å²) in [5, 5.41) is 24.4. The van der Waals surface area contributed by atoms with Crippen LogP contribution in [0.2, 0.25) is 0 Å². The van der Waals surface area contributed by atoms with Crippen LogP contribution in [0.5, 0.6) is 0 Å². The molecule has 3 N–H and O–H groups in total. The van der Waals surface area contributed by atoms with Crippen LogP contribution in [0.4, 0.5) is 0 Å². The Morgan fingerprint density at radius 1 is 1.15 bits per heavy atom. The number of carbonyl (C=O) groups is 2. The van der Waals surface area contributed by atoms with Gasteiger partial charge in [-0.3, -0.25) is 4.79 Å². The van der Waals surface area contributed by atoms with Crippen molar-refractivity contribution in [1.82, 2.24) is 0 Å². The highest BCUT2D eigenvalue weighted by Gasteiger charge is 2.34. The first kappa shape index (κ1) is 22.8. The second kappa shape index (κ2) is 11.5. The van der Waals surface area contributed by atoms with Crippen LogP contribution in [-0.4, -0.2) is 48.9 Å². The number of carbonyl (C=O) groups excluding carboxylic acids is 1. The lowest BCUT2D eigenvalue weighted by atomic mass is 9.86. The number of rotatable bonds is 11. The van der Waals surface area contributed by atoms with E-state index in [1.807, 2.05) is 0 Å². The first-order valence-electron chi connectivity index (χ1n) is 10.0. The summed E-state index contributed by atoms with van der Waals surface area (Å²) >= 11 is 2.22. The fourth-order valence-corrected chi connectivity index (χ4v) is 6.10. The number of carboxylic acid groups (broad SMARTS) is 1. The number of ketones is 1. The second-order valence-electron chi connectivity index (χ2n) is 7.59. The molecular weight excluding hydrogens is 384 g/mol. The zero-order chi connectivity index (χ0) is 19.7. The molecule has 0 aliphatic heterocycles. The summed E-state index contributed by atoms with van der Waals surface area (Å²) < 4.78 is 0. The number of hydrogen-bond acceptors (Lipinski definition) is 6. The molecule has 27 heavy (non-hydrogen) atoms. The van der Waals surface area contributed by atoms with Crippen molar-refractivity contribution < 1.29 is 24.9 Å². The fourth-order valence-electron chi connectivity index (χ4n) is 3.88. The van der Waals surface area contributed by atoms with Gasteiger partial charge in [0.15, 0.2) is 0 Å². The molecule has 0 spiro atoms. The third-order valence-electron chi connectivity index (χ3n) is 5.45. The number of thioether (sulfide) groups is 2. The molecule has 2 saturated carbocycles. The molecular formula is C20H32O5S2. The summed E-state index contributed by atoms with van der Waals surface area (Å²) in [4.78, 5) is 22.8. The monoisotopic (exact) mass is 416 g/mol. The lowest BCUT2D eigenvalue weighted by molar-refractivity contribution is -0.174. The Kier molecular flexibility index (Phi) is 9.70. The normalized spacial score (nSPS) is 24.7. The van der Waals surface area contributed by atoms with E-state index in [4.69, 9.17) is 5.11 Å². The maximum absolute atomic E-state index is 12.2. The maximum Gasteiger partial charge on any atom is 0.375 e.